The molecule has 1 aliphatic heterocycles. The van der Waals surface area contributed by atoms with Gasteiger partial charge in [-0.2, -0.15) is 0 Å². The van der Waals surface area contributed by atoms with Crippen molar-refractivity contribution in [1.29, 1.82) is 0 Å². The number of ketones is 1. The first-order chi connectivity index (χ1) is 16.6. The predicted molar refractivity (Wildman–Crippen MR) is 152 cm³/mol. The van der Waals surface area contributed by atoms with E-state index in [4.69, 9.17) is 23.1 Å². The number of hydrogen-bond acceptors (Lipinski definition) is 5. The Morgan fingerprint density at radius 2 is 1.58 bits per heavy atom. The molecule has 0 radical (unpaired) electrons. The Hall–Kier alpha value is -2.22. The third-order valence-corrected chi connectivity index (χ3v) is 12.0. The first kappa shape index (κ1) is 30.0. The minimum absolute atomic E-state index is 0.0916. The zero-order chi connectivity index (χ0) is 27.3. The number of aliphatic hydroxyl groups is 1. The Morgan fingerprint density at radius 1 is 0.972 bits per heavy atom. The molecule has 0 amide bonds. The van der Waals surface area contributed by atoms with Crippen LogP contribution in [0.4, 0.5) is 0 Å². The van der Waals surface area contributed by atoms with E-state index in [1.54, 1.807) is 21.3 Å². The number of hydrogen-bond donors (Lipinski definition) is 1. The molecule has 1 N–H and O–H groups in total. The zero-order valence-corrected chi connectivity index (χ0v) is 26.0. The summed E-state index contributed by atoms with van der Waals surface area (Å²) in [5.41, 5.74) is 5.29. The summed E-state index contributed by atoms with van der Waals surface area (Å²) in [5.74, 6) is 6.15. The van der Waals surface area contributed by atoms with Crippen LogP contribution < -0.4 is 14.2 Å². The second-order valence-electron chi connectivity index (χ2n) is 11.8. The van der Waals surface area contributed by atoms with Crippen molar-refractivity contribution in [3.8, 4) is 28.7 Å². The Morgan fingerprint density at radius 3 is 2.06 bits per heavy atom. The van der Waals surface area contributed by atoms with Gasteiger partial charge in [0.15, 0.2) is 25.6 Å². The number of carbonyl (C=O) groups excluding carboxylic acids is 1. The molecule has 2 rings (SSSR count). The van der Waals surface area contributed by atoms with Crippen LogP contribution in [0.1, 0.15) is 55.6 Å². The summed E-state index contributed by atoms with van der Waals surface area (Å²) in [6.07, 6.45) is 3.70. The summed E-state index contributed by atoms with van der Waals surface area (Å²) in [6.45, 7) is 18.0. The molecule has 1 heterocycles. The van der Waals surface area contributed by atoms with Gasteiger partial charge in [-0.1, -0.05) is 46.3 Å². The molecule has 0 saturated carbocycles. The molecule has 0 fully saturated rings. The van der Waals surface area contributed by atoms with Crippen molar-refractivity contribution in [2.24, 2.45) is 0 Å². The van der Waals surface area contributed by atoms with E-state index in [2.05, 4.69) is 65.0 Å². The Bertz CT molecular complexity index is 1050. The molecule has 0 bridgehead atoms. The van der Waals surface area contributed by atoms with Crippen LogP contribution >= 0.6 is 0 Å². The highest BCUT2D eigenvalue weighted by molar-refractivity contribution is 6.83. The summed E-state index contributed by atoms with van der Waals surface area (Å²) in [4.78, 5) is 0. The van der Waals surface area contributed by atoms with Crippen molar-refractivity contribution in [3.63, 3.8) is 0 Å². The first-order valence-corrected chi connectivity index (χ1v) is 19.0. The van der Waals surface area contributed by atoms with Crippen LogP contribution in [0, 0.1) is 11.5 Å². The summed E-state index contributed by atoms with van der Waals surface area (Å²) in [6, 6.07) is 2.04. The smallest absolute Gasteiger partial charge is 0.355 e. The third-order valence-electron chi connectivity index (χ3n) is 6.65. The molecule has 0 aliphatic carbocycles. The zero-order valence-electron chi connectivity index (χ0n) is 24.0. The molecule has 200 valence electrons. The lowest BCUT2D eigenvalue weighted by Gasteiger charge is -2.38. The largest absolute Gasteiger partial charge is 0.504 e. The van der Waals surface area contributed by atoms with Crippen molar-refractivity contribution in [3.05, 3.63) is 29.2 Å². The van der Waals surface area contributed by atoms with E-state index in [0.29, 0.717) is 36.5 Å². The molecule has 0 aromatic heterocycles. The van der Waals surface area contributed by atoms with Crippen LogP contribution in [0.5, 0.6) is 17.2 Å². The van der Waals surface area contributed by atoms with E-state index in [9.17, 15) is 5.11 Å². The van der Waals surface area contributed by atoms with Gasteiger partial charge in [0.25, 0.3) is 0 Å². The van der Waals surface area contributed by atoms with E-state index < -0.39 is 16.4 Å². The molecule has 8 heteroatoms. The van der Waals surface area contributed by atoms with E-state index in [-0.39, 0.29) is 16.9 Å². The van der Waals surface area contributed by atoms with Crippen LogP contribution in [-0.2, 0) is 10.8 Å². The SMILES string of the molecule is COc1c(CC[C@H](C#C[Si](C)(C)C)O[Si](C)(C)C(C)(C)C)cc(C2=[O+]C=C(O)CC2)c(OC)c1OC. The van der Waals surface area contributed by atoms with Crippen molar-refractivity contribution < 1.29 is 28.2 Å². The molecule has 0 spiro atoms. The van der Waals surface area contributed by atoms with E-state index >= 15 is 0 Å². The fourth-order valence-electron chi connectivity index (χ4n) is 3.65. The monoisotopic (exact) mass is 533 g/mol. The highest BCUT2D eigenvalue weighted by Crippen LogP contribution is 2.44. The average molecular weight is 534 g/mol. The molecular formula is C28H45O6Si2+. The van der Waals surface area contributed by atoms with Gasteiger partial charge in [0.05, 0.1) is 27.8 Å². The van der Waals surface area contributed by atoms with Gasteiger partial charge in [-0.05, 0) is 42.6 Å². The average Bonchev–Trinajstić information content (AvgIpc) is 2.78. The Kier molecular flexibility index (Phi) is 9.91. The van der Waals surface area contributed by atoms with Gasteiger partial charge in [0, 0.05) is 6.42 Å². The lowest BCUT2D eigenvalue weighted by Crippen LogP contribution is -2.43. The van der Waals surface area contributed by atoms with E-state index in [1.807, 2.05) is 6.07 Å². The molecule has 0 unspecified atom stereocenters. The normalized spacial score (nSPS) is 15.3. The third kappa shape index (κ3) is 7.64. The minimum Gasteiger partial charge on any atom is -0.504 e. The topological polar surface area (TPSA) is 68.5 Å². The molecule has 1 atom stereocenters. The van der Waals surface area contributed by atoms with Gasteiger partial charge in [0.2, 0.25) is 5.75 Å². The van der Waals surface area contributed by atoms with Gasteiger partial charge < -0.3 is 23.7 Å². The quantitative estimate of drug-likeness (QED) is 0.214. The number of methoxy groups -OCH3 is 3. The summed E-state index contributed by atoms with van der Waals surface area (Å²) in [7, 11) is 1.27. The number of ether oxygens (including phenoxy) is 3. The van der Waals surface area contributed by atoms with Crippen molar-refractivity contribution in [2.45, 2.75) is 90.3 Å². The van der Waals surface area contributed by atoms with Crippen molar-refractivity contribution in [1.82, 2.24) is 0 Å². The van der Waals surface area contributed by atoms with Crippen LogP contribution in [0.2, 0.25) is 37.8 Å². The fourth-order valence-corrected chi connectivity index (χ4v) is 5.49. The number of allylic oxidation sites excluding steroid dienone is 1. The number of aryl methyl sites for hydroxylation is 1. The maximum absolute atomic E-state index is 9.77. The van der Waals surface area contributed by atoms with Crippen molar-refractivity contribution in [2.75, 3.05) is 21.3 Å². The van der Waals surface area contributed by atoms with Gasteiger partial charge in [0.1, 0.15) is 19.7 Å². The number of aliphatic hydroxyl groups excluding tert-OH is 1. The van der Waals surface area contributed by atoms with Crippen LogP contribution in [0.25, 0.3) is 0 Å². The maximum Gasteiger partial charge on any atom is 0.355 e. The Labute approximate surface area is 219 Å². The minimum atomic E-state index is -2.02. The number of rotatable bonds is 9. The fraction of sp³-hybridized carbons (Fsp3) is 0.607. The highest BCUT2D eigenvalue weighted by atomic mass is 28.4. The van der Waals surface area contributed by atoms with Crippen LogP contribution in [0.15, 0.2) is 18.1 Å². The molecule has 1 aromatic carbocycles. The van der Waals surface area contributed by atoms with Gasteiger partial charge in [-0.25, -0.2) is 4.42 Å². The lowest BCUT2D eigenvalue weighted by atomic mass is 9.97. The lowest BCUT2D eigenvalue weighted by molar-refractivity contribution is -0.183. The molecule has 1 aliphatic rings. The maximum atomic E-state index is 9.77. The van der Waals surface area contributed by atoms with Gasteiger partial charge >= 0.3 is 12.0 Å². The molecule has 36 heavy (non-hydrogen) atoms. The van der Waals surface area contributed by atoms with Crippen LogP contribution in [0.3, 0.4) is 0 Å². The predicted octanol–water partition coefficient (Wildman–Crippen LogP) is 6.83. The van der Waals surface area contributed by atoms with Crippen LogP contribution in [-0.4, -0.2) is 54.7 Å². The second-order valence-corrected chi connectivity index (χ2v) is 21.3. The van der Waals surface area contributed by atoms with Crippen molar-refractivity contribution >= 4 is 22.2 Å². The first-order valence-electron chi connectivity index (χ1n) is 12.6. The molecular weight excluding hydrogens is 488 g/mol. The molecule has 6 nitrogen and oxygen atoms in total. The highest BCUT2D eigenvalue weighted by Gasteiger charge is 2.39. The standard InChI is InChI=1S/C28H44O6Si2/c1-28(2,3)36(10,11)34-22(16-17-35(7,8)9)14-12-20-18-23(24-15-13-21(29)19-33-24)26(31-5)27(32-6)25(20)30-4/h18-19,22H,12-15H2,1-11H3/p+1/t22-/m1/s1. The molecule has 0 saturated heterocycles. The summed E-state index contributed by atoms with van der Waals surface area (Å²) in [5, 5.41) is 9.86. The summed E-state index contributed by atoms with van der Waals surface area (Å²) < 4.78 is 29.8. The van der Waals surface area contributed by atoms with E-state index in [0.717, 1.165) is 23.3 Å². The number of benzene rings is 1. The second kappa shape index (κ2) is 11.9. The van der Waals surface area contributed by atoms with E-state index in [1.165, 1.54) is 6.26 Å². The Balaban J connectivity index is 2.52. The molecule has 1 aromatic rings. The van der Waals surface area contributed by atoms with Gasteiger partial charge in [-0.3, -0.25) is 0 Å². The summed E-state index contributed by atoms with van der Waals surface area (Å²) >= 11 is 0. The van der Waals surface area contributed by atoms with Gasteiger partial charge in [-0.15, -0.1) is 5.54 Å².